The molecule has 0 fully saturated rings. The summed E-state index contributed by atoms with van der Waals surface area (Å²) < 4.78 is 5.06. The molecule has 15 heavy (non-hydrogen) atoms. The van der Waals surface area contributed by atoms with Crippen molar-refractivity contribution in [1.82, 2.24) is 0 Å². The molecule has 0 aromatic heterocycles. The fourth-order valence-electron chi connectivity index (χ4n) is 1.79. The van der Waals surface area contributed by atoms with Crippen LogP contribution in [0.2, 0.25) is 0 Å². The smallest absolute Gasteiger partial charge is 0.127 e. The summed E-state index contributed by atoms with van der Waals surface area (Å²) in [5, 5.41) is 9.81. The molecule has 1 aromatic carbocycles. The predicted molar refractivity (Wildman–Crippen MR) is 57.8 cm³/mol. The SMILES string of the molecule is OC1=CC2=COC=CN2c2ccccc21. The minimum absolute atomic E-state index is 0.270. The Morgan fingerprint density at radius 3 is 3.00 bits per heavy atom. The van der Waals surface area contributed by atoms with Crippen molar-refractivity contribution >= 4 is 11.4 Å². The Bertz CT molecular complexity index is 500. The van der Waals surface area contributed by atoms with Crippen molar-refractivity contribution in [2.75, 3.05) is 4.90 Å². The second-order valence-electron chi connectivity index (χ2n) is 3.38. The van der Waals surface area contributed by atoms with Gasteiger partial charge in [-0.25, -0.2) is 0 Å². The van der Waals surface area contributed by atoms with Crippen LogP contribution in [0.15, 0.2) is 54.8 Å². The van der Waals surface area contributed by atoms with Crippen molar-refractivity contribution in [3.05, 3.63) is 60.3 Å². The second kappa shape index (κ2) is 2.92. The van der Waals surface area contributed by atoms with Crippen molar-refractivity contribution < 1.29 is 9.84 Å². The van der Waals surface area contributed by atoms with Crippen LogP contribution >= 0.6 is 0 Å². The molecular formula is C12H9NO2. The lowest BCUT2D eigenvalue weighted by molar-refractivity contribution is 0.389. The van der Waals surface area contributed by atoms with E-state index in [2.05, 4.69) is 0 Å². The van der Waals surface area contributed by atoms with Gasteiger partial charge in [-0.05, 0) is 12.1 Å². The number of aliphatic hydroxyl groups is 1. The van der Waals surface area contributed by atoms with Crippen LogP contribution in [0.4, 0.5) is 5.69 Å². The number of ether oxygens (including phenoxy) is 1. The van der Waals surface area contributed by atoms with Crippen molar-refractivity contribution in [1.29, 1.82) is 0 Å². The Hall–Kier alpha value is -2.16. The second-order valence-corrected chi connectivity index (χ2v) is 3.38. The van der Waals surface area contributed by atoms with Crippen LogP contribution in [0.3, 0.4) is 0 Å². The molecule has 0 spiro atoms. The minimum Gasteiger partial charge on any atom is -0.507 e. The third-order valence-corrected chi connectivity index (χ3v) is 2.48. The van der Waals surface area contributed by atoms with Gasteiger partial charge in [0.1, 0.15) is 18.3 Å². The highest BCUT2D eigenvalue weighted by molar-refractivity contribution is 5.81. The van der Waals surface area contributed by atoms with Crippen LogP contribution in [0.1, 0.15) is 5.56 Å². The van der Waals surface area contributed by atoms with Gasteiger partial charge in [0.15, 0.2) is 0 Å². The fourth-order valence-corrected chi connectivity index (χ4v) is 1.79. The van der Waals surface area contributed by atoms with Gasteiger partial charge < -0.3 is 14.7 Å². The molecule has 3 rings (SSSR count). The number of nitrogens with zero attached hydrogens (tertiary/aromatic N) is 1. The van der Waals surface area contributed by atoms with E-state index >= 15 is 0 Å². The Labute approximate surface area is 87.2 Å². The number of hydrogen-bond acceptors (Lipinski definition) is 3. The van der Waals surface area contributed by atoms with Gasteiger partial charge in [-0.2, -0.15) is 0 Å². The first kappa shape index (κ1) is 8.17. The maximum atomic E-state index is 9.81. The molecule has 3 heteroatoms. The van der Waals surface area contributed by atoms with E-state index in [4.69, 9.17) is 4.74 Å². The predicted octanol–water partition coefficient (Wildman–Crippen LogP) is 2.75. The maximum Gasteiger partial charge on any atom is 0.127 e. The first-order chi connectivity index (χ1) is 7.36. The number of aliphatic hydroxyl groups excluding tert-OH is 1. The molecule has 0 saturated carbocycles. The van der Waals surface area contributed by atoms with E-state index < -0.39 is 0 Å². The van der Waals surface area contributed by atoms with Crippen molar-refractivity contribution in [2.24, 2.45) is 0 Å². The van der Waals surface area contributed by atoms with Crippen molar-refractivity contribution in [3.63, 3.8) is 0 Å². The minimum atomic E-state index is 0.270. The lowest BCUT2D eigenvalue weighted by atomic mass is 10.0. The van der Waals surface area contributed by atoms with Gasteiger partial charge in [0.05, 0.1) is 11.4 Å². The lowest BCUT2D eigenvalue weighted by Crippen LogP contribution is -2.21. The van der Waals surface area contributed by atoms with E-state index in [1.165, 1.54) is 0 Å². The molecule has 74 valence electrons. The van der Waals surface area contributed by atoms with Gasteiger partial charge in [0.2, 0.25) is 0 Å². The summed E-state index contributed by atoms with van der Waals surface area (Å²) in [5.74, 6) is 0.270. The molecule has 2 aliphatic heterocycles. The molecule has 0 bridgehead atoms. The largest absolute Gasteiger partial charge is 0.507 e. The zero-order valence-electron chi connectivity index (χ0n) is 7.92. The molecule has 0 atom stereocenters. The average molecular weight is 199 g/mol. The van der Waals surface area contributed by atoms with E-state index in [9.17, 15) is 5.11 Å². The molecule has 0 radical (unpaired) electrons. The third kappa shape index (κ3) is 1.13. The maximum absolute atomic E-state index is 9.81. The third-order valence-electron chi connectivity index (χ3n) is 2.48. The van der Waals surface area contributed by atoms with Crippen LogP contribution in [-0.4, -0.2) is 5.11 Å². The van der Waals surface area contributed by atoms with Gasteiger partial charge in [-0.15, -0.1) is 0 Å². The van der Waals surface area contributed by atoms with Gasteiger partial charge in [-0.3, -0.25) is 0 Å². The number of benzene rings is 1. The monoisotopic (exact) mass is 199 g/mol. The molecule has 2 aliphatic rings. The van der Waals surface area contributed by atoms with Crippen molar-refractivity contribution in [2.45, 2.75) is 0 Å². The number of para-hydroxylation sites is 1. The summed E-state index contributed by atoms with van der Waals surface area (Å²) in [5.41, 5.74) is 2.62. The topological polar surface area (TPSA) is 32.7 Å². The van der Waals surface area contributed by atoms with Gasteiger partial charge >= 0.3 is 0 Å². The molecular weight excluding hydrogens is 190 g/mol. The summed E-state index contributed by atoms with van der Waals surface area (Å²) in [6, 6.07) is 7.70. The highest BCUT2D eigenvalue weighted by Gasteiger charge is 2.21. The Morgan fingerprint density at radius 1 is 1.20 bits per heavy atom. The molecule has 2 heterocycles. The van der Waals surface area contributed by atoms with Gasteiger partial charge in [-0.1, -0.05) is 12.1 Å². The number of rotatable bonds is 0. The van der Waals surface area contributed by atoms with E-state index in [0.717, 1.165) is 16.9 Å². The number of hydrogen-bond donors (Lipinski definition) is 1. The molecule has 0 aliphatic carbocycles. The fraction of sp³-hybridized carbons (Fsp3) is 0. The zero-order chi connectivity index (χ0) is 10.3. The van der Waals surface area contributed by atoms with E-state index in [-0.39, 0.29) is 5.76 Å². The molecule has 1 N–H and O–H groups in total. The Balaban J connectivity index is 2.24. The van der Waals surface area contributed by atoms with E-state index in [1.807, 2.05) is 35.4 Å². The van der Waals surface area contributed by atoms with Gasteiger partial charge in [0.25, 0.3) is 0 Å². The lowest BCUT2D eigenvalue weighted by Gasteiger charge is -2.29. The zero-order valence-corrected chi connectivity index (χ0v) is 7.92. The first-order valence-corrected chi connectivity index (χ1v) is 4.68. The van der Waals surface area contributed by atoms with Crippen molar-refractivity contribution in [3.8, 4) is 0 Å². The summed E-state index contributed by atoms with van der Waals surface area (Å²) >= 11 is 0. The van der Waals surface area contributed by atoms with Crippen LogP contribution in [-0.2, 0) is 4.74 Å². The van der Waals surface area contributed by atoms with Crippen LogP contribution in [0, 0.1) is 0 Å². The summed E-state index contributed by atoms with van der Waals surface area (Å²) in [6.45, 7) is 0. The number of allylic oxidation sites excluding steroid dienone is 1. The van der Waals surface area contributed by atoms with Crippen LogP contribution in [0.25, 0.3) is 5.76 Å². The van der Waals surface area contributed by atoms with Crippen LogP contribution < -0.4 is 4.90 Å². The highest BCUT2D eigenvalue weighted by atomic mass is 16.5. The number of fused-ring (bicyclic) bond motifs is 3. The molecule has 0 amide bonds. The standard InChI is InChI=1S/C12H9NO2/c14-12-7-9-8-15-6-5-13(9)11-4-2-1-3-10(11)12/h1-8,14H. The Morgan fingerprint density at radius 2 is 2.07 bits per heavy atom. The Kier molecular flexibility index (Phi) is 1.59. The highest BCUT2D eigenvalue weighted by Crippen LogP contribution is 2.35. The molecule has 1 aromatic rings. The molecule has 0 unspecified atom stereocenters. The molecule has 3 nitrogen and oxygen atoms in total. The summed E-state index contributed by atoms with van der Waals surface area (Å²) in [4.78, 5) is 1.97. The summed E-state index contributed by atoms with van der Waals surface area (Å²) in [6.07, 6.45) is 6.73. The molecule has 0 saturated heterocycles. The summed E-state index contributed by atoms with van der Waals surface area (Å²) in [7, 11) is 0. The first-order valence-electron chi connectivity index (χ1n) is 4.68. The van der Waals surface area contributed by atoms with Crippen LogP contribution in [0.5, 0.6) is 0 Å². The quantitative estimate of drug-likeness (QED) is 0.697. The number of anilines is 1. The van der Waals surface area contributed by atoms with E-state index in [0.29, 0.717) is 0 Å². The van der Waals surface area contributed by atoms with Gasteiger partial charge in [0, 0.05) is 17.8 Å². The van der Waals surface area contributed by atoms with E-state index in [1.54, 1.807) is 18.6 Å². The normalized spacial score (nSPS) is 17.2. The average Bonchev–Trinajstić information content (AvgIpc) is 2.30.